The van der Waals surface area contributed by atoms with Gasteiger partial charge >= 0.3 is 0 Å². The molecule has 0 amide bonds. The Morgan fingerprint density at radius 3 is 2.25 bits per heavy atom. The normalized spacial score (nSPS) is 11.6. The predicted molar refractivity (Wildman–Crippen MR) is 143 cm³/mol. The summed E-state index contributed by atoms with van der Waals surface area (Å²) in [7, 11) is 0. The lowest BCUT2D eigenvalue weighted by molar-refractivity contribution is 0.629. The van der Waals surface area contributed by atoms with Crippen molar-refractivity contribution in [3.05, 3.63) is 127 Å². The van der Waals surface area contributed by atoms with E-state index in [4.69, 9.17) is 9.40 Å². The van der Waals surface area contributed by atoms with E-state index in [0.717, 1.165) is 55.5 Å². The highest BCUT2D eigenvalue weighted by atomic mass is 19.1. The lowest BCUT2D eigenvalue weighted by Gasteiger charge is -2.10. The molecule has 0 spiro atoms. The molecule has 172 valence electrons. The van der Waals surface area contributed by atoms with Gasteiger partial charge in [-0.25, -0.2) is 9.37 Å². The molecule has 0 saturated carbocycles. The van der Waals surface area contributed by atoms with Crippen molar-refractivity contribution < 1.29 is 8.81 Å². The molecule has 0 bridgehead atoms. The molecule has 2 heterocycles. The summed E-state index contributed by atoms with van der Waals surface area (Å²) >= 11 is 0. The topological polar surface area (TPSA) is 31.0 Å². The predicted octanol–water partition coefficient (Wildman–Crippen LogP) is 8.46. The van der Waals surface area contributed by atoms with Gasteiger partial charge in [0.15, 0.2) is 0 Å². The average molecular weight is 469 g/mol. The summed E-state index contributed by atoms with van der Waals surface area (Å²) in [5.74, 6) is 0.514. The first-order chi connectivity index (χ1) is 17.7. The third-order valence-electron chi connectivity index (χ3n) is 6.73. The van der Waals surface area contributed by atoms with Crippen molar-refractivity contribution in [2.45, 2.75) is 6.54 Å². The van der Waals surface area contributed by atoms with Gasteiger partial charge in [0.1, 0.15) is 22.8 Å². The van der Waals surface area contributed by atoms with Crippen LogP contribution in [0.3, 0.4) is 0 Å². The van der Waals surface area contributed by atoms with E-state index in [0.29, 0.717) is 12.1 Å². The average Bonchev–Trinajstić information content (AvgIpc) is 3.46. The van der Waals surface area contributed by atoms with E-state index >= 15 is 0 Å². The maximum atomic E-state index is 14.0. The molecule has 0 unspecified atom stereocenters. The minimum atomic E-state index is -0.288. The summed E-state index contributed by atoms with van der Waals surface area (Å²) in [6.07, 6.45) is 0. The molecular formula is C32H21FN2O. The summed E-state index contributed by atoms with van der Waals surface area (Å²) < 4.78 is 22.4. The van der Waals surface area contributed by atoms with Crippen molar-refractivity contribution in [2.75, 3.05) is 0 Å². The van der Waals surface area contributed by atoms with E-state index in [9.17, 15) is 4.39 Å². The zero-order valence-electron chi connectivity index (χ0n) is 19.4. The Labute approximate surface area is 207 Å². The van der Waals surface area contributed by atoms with E-state index < -0.39 is 0 Å². The lowest BCUT2D eigenvalue weighted by Crippen LogP contribution is -2.02. The largest absolute Gasteiger partial charge is 0.456 e. The summed E-state index contributed by atoms with van der Waals surface area (Å²) in [6, 6.07) is 37.8. The number of imidazole rings is 1. The van der Waals surface area contributed by atoms with E-state index in [1.807, 2.05) is 48.5 Å². The van der Waals surface area contributed by atoms with Gasteiger partial charge in [-0.15, -0.1) is 0 Å². The third kappa shape index (κ3) is 3.46. The molecule has 7 aromatic rings. The number of furan rings is 1. The van der Waals surface area contributed by atoms with Crippen LogP contribution >= 0.6 is 0 Å². The second kappa shape index (κ2) is 8.21. The molecule has 0 aliphatic rings. The Hall–Kier alpha value is -4.70. The standard InChI is InChI=1S/C32H21FN2O/c33-25-13-15-29-28(19-25)34-32(35(29)20-21-7-3-1-4-8-21)24-12-16-30-27(17-24)26-14-11-23(18-31(26)36-30)22-9-5-2-6-10-22/h1-19H,20H2. The SMILES string of the molecule is Fc1ccc2c(c1)nc(-c1ccc3oc4cc(-c5ccccc5)ccc4c3c1)n2Cc1ccccc1. The maximum absolute atomic E-state index is 14.0. The van der Waals surface area contributed by atoms with E-state index in [1.54, 1.807) is 6.07 Å². The molecule has 7 rings (SSSR count). The first-order valence-corrected chi connectivity index (χ1v) is 11.9. The first kappa shape index (κ1) is 20.7. The Balaban J connectivity index is 1.39. The fourth-order valence-corrected chi connectivity index (χ4v) is 4.98. The molecule has 0 atom stereocenters. The zero-order chi connectivity index (χ0) is 24.1. The van der Waals surface area contributed by atoms with Crippen molar-refractivity contribution in [1.82, 2.24) is 9.55 Å². The summed E-state index contributed by atoms with van der Waals surface area (Å²) in [5, 5.41) is 2.09. The van der Waals surface area contributed by atoms with E-state index in [-0.39, 0.29) is 5.82 Å². The van der Waals surface area contributed by atoms with Gasteiger partial charge in [0.05, 0.1) is 11.0 Å². The molecule has 0 fully saturated rings. The van der Waals surface area contributed by atoms with Gasteiger partial charge in [0.25, 0.3) is 0 Å². The van der Waals surface area contributed by atoms with Gasteiger partial charge < -0.3 is 8.98 Å². The number of aromatic nitrogens is 2. The Kier molecular flexibility index (Phi) is 4.71. The van der Waals surface area contributed by atoms with Crippen LogP contribution in [0.4, 0.5) is 4.39 Å². The van der Waals surface area contributed by atoms with Crippen LogP contribution in [0.1, 0.15) is 5.56 Å². The number of fused-ring (bicyclic) bond motifs is 4. The highest BCUT2D eigenvalue weighted by Crippen LogP contribution is 2.35. The third-order valence-corrected chi connectivity index (χ3v) is 6.73. The number of hydrogen-bond acceptors (Lipinski definition) is 2. The quantitative estimate of drug-likeness (QED) is 0.259. The number of nitrogens with zero attached hydrogens (tertiary/aromatic N) is 2. The number of halogens is 1. The van der Waals surface area contributed by atoms with Gasteiger partial charge in [-0.2, -0.15) is 0 Å². The van der Waals surface area contributed by atoms with Crippen LogP contribution in [0.15, 0.2) is 120 Å². The zero-order valence-corrected chi connectivity index (χ0v) is 19.4. The van der Waals surface area contributed by atoms with Crippen LogP contribution < -0.4 is 0 Å². The molecule has 0 N–H and O–H groups in total. The fourth-order valence-electron chi connectivity index (χ4n) is 4.98. The number of hydrogen-bond donors (Lipinski definition) is 0. The Morgan fingerprint density at radius 1 is 0.639 bits per heavy atom. The second-order valence-electron chi connectivity index (χ2n) is 9.03. The van der Waals surface area contributed by atoms with Gasteiger partial charge in [0.2, 0.25) is 0 Å². The highest BCUT2D eigenvalue weighted by molar-refractivity contribution is 6.07. The maximum Gasteiger partial charge on any atom is 0.141 e. The minimum Gasteiger partial charge on any atom is -0.456 e. The van der Waals surface area contributed by atoms with Crippen LogP contribution in [0.25, 0.3) is 55.5 Å². The Morgan fingerprint density at radius 2 is 1.42 bits per heavy atom. The molecule has 4 heteroatoms. The summed E-state index contributed by atoms with van der Waals surface area (Å²) in [5.41, 5.74) is 7.62. The van der Waals surface area contributed by atoms with Crippen molar-refractivity contribution in [1.29, 1.82) is 0 Å². The molecule has 0 aliphatic heterocycles. The highest BCUT2D eigenvalue weighted by Gasteiger charge is 2.16. The van der Waals surface area contributed by atoms with Crippen LogP contribution in [0.2, 0.25) is 0 Å². The summed E-state index contributed by atoms with van der Waals surface area (Å²) in [4.78, 5) is 4.86. The van der Waals surface area contributed by atoms with Crippen molar-refractivity contribution in [3.8, 4) is 22.5 Å². The molecule has 0 saturated heterocycles. The molecule has 36 heavy (non-hydrogen) atoms. The van der Waals surface area contributed by atoms with Gasteiger partial charge in [0, 0.05) is 28.9 Å². The first-order valence-electron chi connectivity index (χ1n) is 11.9. The van der Waals surface area contributed by atoms with Crippen LogP contribution in [-0.2, 0) is 6.54 Å². The molecule has 3 nitrogen and oxygen atoms in total. The van der Waals surface area contributed by atoms with Crippen LogP contribution in [0.5, 0.6) is 0 Å². The van der Waals surface area contributed by atoms with E-state index in [2.05, 4.69) is 53.1 Å². The summed E-state index contributed by atoms with van der Waals surface area (Å²) in [6.45, 7) is 0.642. The molecule has 0 aliphatic carbocycles. The lowest BCUT2D eigenvalue weighted by atomic mass is 10.0. The number of rotatable bonds is 4. The van der Waals surface area contributed by atoms with Crippen LogP contribution in [0, 0.1) is 5.82 Å². The smallest absolute Gasteiger partial charge is 0.141 e. The van der Waals surface area contributed by atoms with Crippen molar-refractivity contribution in [2.24, 2.45) is 0 Å². The second-order valence-corrected chi connectivity index (χ2v) is 9.03. The van der Waals surface area contributed by atoms with Gasteiger partial charge in [-0.3, -0.25) is 0 Å². The van der Waals surface area contributed by atoms with Crippen molar-refractivity contribution in [3.63, 3.8) is 0 Å². The monoisotopic (exact) mass is 468 g/mol. The molecule has 2 aromatic heterocycles. The fraction of sp³-hybridized carbons (Fsp3) is 0.0312. The molecular weight excluding hydrogens is 447 g/mol. The van der Waals surface area contributed by atoms with Gasteiger partial charge in [-0.1, -0.05) is 66.7 Å². The van der Waals surface area contributed by atoms with Gasteiger partial charge in [-0.05, 0) is 59.2 Å². The van der Waals surface area contributed by atoms with E-state index in [1.165, 1.54) is 12.1 Å². The minimum absolute atomic E-state index is 0.288. The Bertz CT molecular complexity index is 1870. The number of benzene rings is 5. The molecule has 5 aromatic carbocycles. The molecule has 0 radical (unpaired) electrons. The van der Waals surface area contributed by atoms with Crippen molar-refractivity contribution >= 4 is 33.0 Å². The van der Waals surface area contributed by atoms with Crippen LogP contribution in [-0.4, -0.2) is 9.55 Å².